The van der Waals surface area contributed by atoms with E-state index in [-0.39, 0.29) is 4.90 Å². The zero-order chi connectivity index (χ0) is 14.6. The van der Waals surface area contributed by atoms with Crippen LogP contribution < -0.4 is 16.0 Å². The summed E-state index contributed by atoms with van der Waals surface area (Å²) >= 11 is 1.52. The third-order valence-corrected chi connectivity index (χ3v) is 4.97. The molecule has 2 heterocycles. The predicted molar refractivity (Wildman–Crippen MR) is 77.8 cm³/mol. The molecule has 0 unspecified atom stereocenters. The maximum Gasteiger partial charge on any atom is 0.240 e. The van der Waals surface area contributed by atoms with Crippen molar-refractivity contribution >= 4 is 27.2 Å². The van der Waals surface area contributed by atoms with Gasteiger partial charge in [0.05, 0.1) is 9.90 Å². The van der Waals surface area contributed by atoms with E-state index in [2.05, 4.69) is 20.1 Å². The van der Waals surface area contributed by atoms with Crippen molar-refractivity contribution in [3.05, 3.63) is 34.4 Å². The molecule has 0 saturated carbocycles. The van der Waals surface area contributed by atoms with Crippen molar-refractivity contribution < 1.29 is 8.42 Å². The lowest BCUT2D eigenvalue weighted by Crippen LogP contribution is -2.26. The van der Waals surface area contributed by atoms with E-state index in [1.807, 2.05) is 12.3 Å². The first-order valence-electron chi connectivity index (χ1n) is 5.84. The number of anilines is 1. The maximum absolute atomic E-state index is 12.1. The van der Waals surface area contributed by atoms with Crippen molar-refractivity contribution in [1.29, 1.82) is 0 Å². The quantitative estimate of drug-likeness (QED) is 0.533. The first kappa shape index (κ1) is 14.9. The average Bonchev–Trinajstić information content (AvgIpc) is 2.84. The van der Waals surface area contributed by atoms with E-state index >= 15 is 0 Å². The largest absolute Gasteiger partial charge is 0.308 e. The van der Waals surface area contributed by atoms with Gasteiger partial charge in [-0.15, -0.1) is 11.3 Å². The molecule has 0 saturated heterocycles. The number of nitrogens with zero attached hydrogens (tertiary/aromatic N) is 2. The number of aromatic nitrogens is 2. The number of rotatable bonds is 6. The van der Waals surface area contributed by atoms with Gasteiger partial charge in [0.25, 0.3) is 0 Å². The molecule has 0 spiro atoms. The van der Waals surface area contributed by atoms with Gasteiger partial charge in [-0.05, 0) is 13.0 Å². The third-order valence-electron chi connectivity index (χ3n) is 2.49. The lowest BCUT2D eigenvalue weighted by Gasteiger charge is -2.07. The molecule has 0 aliphatic rings. The Bertz CT molecular complexity index is 684. The number of aryl methyl sites for hydroxylation is 1. The fraction of sp³-hybridized carbons (Fsp3) is 0.273. The second kappa shape index (κ2) is 6.27. The number of nitrogens with two attached hydrogens (primary N) is 1. The summed E-state index contributed by atoms with van der Waals surface area (Å²) in [6.45, 7) is 2.20. The molecule has 4 N–H and O–H groups in total. The van der Waals surface area contributed by atoms with E-state index in [4.69, 9.17) is 5.84 Å². The van der Waals surface area contributed by atoms with Crippen molar-refractivity contribution in [3.8, 4) is 0 Å². The minimum absolute atomic E-state index is 0.121. The van der Waals surface area contributed by atoms with Crippen LogP contribution >= 0.6 is 11.3 Å². The number of thiazole rings is 1. The van der Waals surface area contributed by atoms with E-state index < -0.39 is 10.0 Å². The normalized spacial score (nSPS) is 11.5. The van der Waals surface area contributed by atoms with Crippen molar-refractivity contribution in [1.82, 2.24) is 14.7 Å². The molecule has 0 radical (unpaired) electrons. The van der Waals surface area contributed by atoms with E-state index in [9.17, 15) is 8.42 Å². The number of hydrogen-bond acceptors (Lipinski definition) is 7. The topological polar surface area (TPSA) is 110 Å². The Morgan fingerprint density at radius 1 is 1.45 bits per heavy atom. The van der Waals surface area contributed by atoms with Crippen LogP contribution in [-0.4, -0.2) is 24.9 Å². The summed E-state index contributed by atoms with van der Waals surface area (Å²) in [5.74, 6) is 5.50. The summed E-state index contributed by atoms with van der Waals surface area (Å²) < 4.78 is 26.7. The highest BCUT2D eigenvalue weighted by Gasteiger charge is 2.14. The molecule has 0 amide bonds. The summed E-state index contributed by atoms with van der Waals surface area (Å²) in [5, 5.41) is 2.84. The number of nitrogen functional groups attached to an aromatic ring is 1. The van der Waals surface area contributed by atoms with Crippen molar-refractivity contribution in [2.45, 2.75) is 18.2 Å². The first-order valence-corrected chi connectivity index (χ1v) is 8.21. The van der Waals surface area contributed by atoms with Gasteiger partial charge < -0.3 is 5.43 Å². The van der Waals surface area contributed by atoms with Crippen molar-refractivity contribution in [3.63, 3.8) is 0 Å². The van der Waals surface area contributed by atoms with Gasteiger partial charge in [0.2, 0.25) is 10.0 Å². The van der Waals surface area contributed by atoms with E-state index in [0.717, 1.165) is 10.7 Å². The second-order valence-electron chi connectivity index (χ2n) is 4.05. The molecule has 0 aliphatic carbocycles. The van der Waals surface area contributed by atoms with Crippen LogP contribution in [0.4, 0.5) is 5.82 Å². The molecule has 2 rings (SSSR count). The number of sulfonamides is 1. The highest BCUT2D eigenvalue weighted by atomic mass is 32.2. The average molecular weight is 313 g/mol. The Labute approximate surface area is 121 Å². The summed E-state index contributed by atoms with van der Waals surface area (Å²) in [6, 6.07) is 2.78. The summed E-state index contributed by atoms with van der Waals surface area (Å²) in [7, 11) is -3.56. The molecule has 2 aromatic heterocycles. The zero-order valence-corrected chi connectivity index (χ0v) is 12.5. The summed E-state index contributed by atoms with van der Waals surface area (Å²) in [5.41, 5.74) is 3.26. The van der Waals surface area contributed by atoms with Gasteiger partial charge in [0.15, 0.2) is 0 Å². The summed E-state index contributed by atoms with van der Waals surface area (Å²) in [6.07, 6.45) is 1.94. The van der Waals surface area contributed by atoms with Crippen LogP contribution in [-0.2, 0) is 16.4 Å². The van der Waals surface area contributed by atoms with E-state index in [1.54, 1.807) is 0 Å². The van der Waals surface area contributed by atoms with E-state index in [1.165, 1.54) is 29.7 Å². The van der Waals surface area contributed by atoms with Crippen molar-refractivity contribution in [2.24, 2.45) is 5.84 Å². The Hall–Kier alpha value is -1.55. The molecule has 7 nitrogen and oxygen atoms in total. The summed E-state index contributed by atoms with van der Waals surface area (Å²) in [4.78, 5) is 8.26. The molecule has 20 heavy (non-hydrogen) atoms. The van der Waals surface area contributed by atoms with Crippen LogP contribution in [0.15, 0.2) is 28.6 Å². The van der Waals surface area contributed by atoms with Crippen LogP contribution in [0.2, 0.25) is 0 Å². The van der Waals surface area contributed by atoms with Gasteiger partial charge in [-0.2, -0.15) is 0 Å². The van der Waals surface area contributed by atoms with Crippen molar-refractivity contribution in [2.75, 3.05) is 12.0 Å². The number of nitrogens with one attached hydrogen (secondary N) is 2. The van der Waals surface area contributed by atoms with Gasteiger partial charge in [-0.3, -0.25) is 0 Å². The van der Waals surface area contributed by atoms with Gasteiger partial charge in [-0.25, -0.2) is 29.0 Å². The lowest BCUT2D eigenvalue weighted by molar-refractivity contribution is 0.581. The molecule has 0 aromatic carbocycles. The number of hydrogen-bond donors (Lipinski definition) is 3. The second-order valence-corrected chi connectivity index (χ2v) is 6.76. The fourth-order valence-corrected chi connectivity index (χ4v) is 3.37. The highest BCUT2D eigenvalue weighted by Crippen LogP contribution is 2.12. The monoisotopic (exact) mass is 313 g/mol. The van der Waals surface area contributed by atoms with Gasteiger partial charge in [0.1, 0.15) is 5.82 Å². The number of pyridine rings is 1. The maximum atomic E-state index is 12.1. The fourth-order valence-electron chi connectivity index (χ4n) is 1.55. The molecular formula is C11H15N5O2S2. The molecule has 2 aromatic rings. The highest BCUT2D eigenvalue weighted by molar-refractivity contribution is 7.89. The Morgan fingerprint density at radius 3 is 2.90 bits per heavy atom. The van der Waals surface area contributed by atoms with E-state index in [0.29, 0.717) is 18.8 Å². The standard InChI is InChI=1S/C11H15N5O2S2/c1-8-7-19-11(15-8)3-5-14-20(17,18)9-2-4-13-10(6-9)16-12/h2,4,6-7,14H,3,5,12H2,1H3,(H,13,16). The van der Waals surface area contributed by atoms with Crippen LogP contribution in [0.3, 0.4) is 0 Å². The minimum Gasteiger partial charge on any atom is -0.308 e. The van der Waals surface area contributed by atoms with Gasteiger partial charge in [0, 0.05) is 36.3 Å². The van der Waals surface area contributed by atoms with Crippen LogP contribution in [0.25, 0.3) is 0 Å². The Kier molecular flexibility index (Phi) is 4.65. The smallest absolute Gasteiger partial charge is 0.240 e. The predicted octanol–water partition coefficient (Wildman–Crippen LogP) is 0.653. The van der Waals surface area contributed by atoms with Crippen LogP contribution in [0.5, 0.6) is 0 Å². The molecular weight excluding hydrogens is 298 g/mol. The molecule has 108 valence electrons. The molecule has 0 fully saturated rings. The molecule has 9 heteroatoms. The first-order chi connectivity index (χ1) is 9.51. The molecule has 0 atom stereocenters. The number of hydrazine groups is 1. The Morgan fingerprint density at radius 2 is 2.25 bits per heavy atom. The third kappa shape index (κ3) is 3.73. The SMILES string of the molecule is Cc1csc(CCNS(=O)(=O)c2ccnc(NN)c2)n1. The lowest BCUT2D eigenvalue weighted by atomic mass is 10.4. The minimum atomic E-state index is -3.56. The zero-order valence-electron chi connectivity index (χ0n) is 10.8. The molecule has 0 bridgehead atoms. The molecule has 0 aliphatic heterocycles. The van der Waals surface area contributed by atoms with Gasteiger partial charge >= 0.3 is 0 Å². The Balaban J connectivity index is 2.00. The van der Waals surface area contributed by atoms with Gasteiger partial charge in [-0.1, -0.05) is 0 Å². The van der Waals surface area contributed by atoms with Crippen LogP contribution in [0, 0.1) is 6.92 Å². The van der Waals surface area contributed by atoms with Crippen LogP contribution in [0.1, 0.15) is 10.7 Å².